The number of aromatic hydroxyl groups is 1. The molecule has 0 bridgehead atoms. The Bertz CT molecular complexity index is 633. The zero-order valence-electron chi connectivity index (χ0n) is 17.8. The van der Waals surface area contributed by atoms with E-state index in [9.17, 15) is 9.90 Å². The molecular weight excluding hydrogens is 326 g/mol. The van der Waals surface area contributed by atoms with Crippen LogP contribution in [0.2, 0.25) is 0 Å². The molecule has 0 aliphatic rings. The van der Waals surface area contributed by atoms with Crippen molar-refractivity contribution in [2.45, 2.75) is 78.7 Å². The number of amides is 1. The Hall–Kier alpha value is -1.97. The molecule has 26 heavy (non-hydrogen) atoms. The second-order valence-corrected chi connectivity index (χ2v) is 9.75. The van der Waals surface area contributed by atoms with Crippen molar-refractivity contribution >= 4 is 12.2 Å². The van der Waals surface area contributed by atoms with Crippen LogP contribution in [0.5, 0.6) is 5.75 Å². The third-order valence-electron chi connectivity index (χ3n) is 3.82. The van der Waals surface area contributed by atoms with Crippen molar-refractivity contribution in [1.82, 2.24) is 5.32 Å². The molecule has 1 rings (SSSR count). The lowest BCUT2D eigenvalue weighted by Gasteiger charge is -2.27. The van der Waals surface area contributed by atoms with Gasteiger partial charge in [-0.25, -0.2) is 4.79 Å². The summed E-state index contributed by atoms with van der Waals surface area (Å²) in [5, 5.41) is 13.5. The average Bonchev–Trinajstić information content (AvgIpc) is 2.40. The zero-order valence-corrected chi connectivity index (χ0v) is 17.8. The molecule has 0 aromatic heterocycles. The summed E-state index contributed by atoms with van der Waals surface area (Å²) in [4.78, 5) is 11.7. The summed E-state index contributed by atoms with van der Waals surface area (Å²) in [6, 6.07) is 4.02. The number of hydrogen-bond acceptors (Lipinski definition) is 3. The van der Waals surface area contributed by atoms with Crippen molar-refractivity contribution in [3.63, 3.8) is 0 Å². The molecule has 146 valence electrons. The highest BCUT2D eigenvalue weighted by Gasteiger charge is 2.26. The highest BCUT2D eigenvalue weighted by molar-refractivity contribution is 5.68. The normalized spacial score (nSPS) is 13.1. The minimum Gasteiger partial charge on any atom is -0.507 e. The summed E-state index contributed by atoms with van der Waals surface area (Å²) in [5.41, 5.74) is 2.01. The fourth-order valence-corrected chi connectivity index (χ4v) is 2.55. The summed E-state index contributed by atoms with van der Waals surface area (Å²) >= 11 is 0. The van der Waals surface area contributed by atoms with Gasteiger partial charge in [0.2, 0.25) is 0 Å². The van der Waals surface area contributed by atoms with Crippen LogP contribution in [0.3, 0.4) is 0 Å². The maximum Gasteiger partial charge on any atom is 0.407 e. The molecular formula is C22H35NO3. The third kappa shape index (κ3) is 6.74. The van der Waals surface area contributed by atoms with Crippen LogP contribution in [-0.4, -0.2) is 23.3 Å². The van der Waals surface area contributed by atoms with Crippen molar-refractivity contribution in [3.8, 4) is 5.75 Å². The highest BCUT2D eigenvalue weighted by atomic mass is 16.6. The van der Waals surface area contributed by atoms with Crippen molar-refractivity contribution in [2.24, 2.45) is 0 Å². The molecule has 0 aliphatic carbocycles. The molecule has 0 spiro atoms. The lowest BCUT2D eigenvalue weighted by atomic mass is 9.78. The summed E-state index contributed by atoms with van der Waals surface area (Å²) in [5.74, 6) is 0.369. The van der Waals surface area contributed by atoms with E-state index in [1.165, 1.54) is 0 Å². The maximum atomic E-state index is 11.7. The highest BCUT2D eigenvalue weighted by Crippen LogP contribution is 2.39. The second kappa shape index (κ2) is 7.73. The van der Waals surface area contributed by atoms with Gasteiger partial charge in [0.25, 0.3) is 0 Å². The number of hydrogen-bond donors (Lipinski definition) is 2. The van der Waals surface area contributed by atoms with E-state index >= 15 is 0 Å². The van der Waals surface area contributed by atoms with Crippen molar-refractivity contribution < 1.29 is 14.6 Å². The first-order valence-electron chi connectivity index (χ1n) is 9.12. The Labute approximate surface area is 158 Å². The van der Waals surface area contributed by atoms with Crippen LogP contribution in [-0.2, 0) is 15.6 Å². The Morgan fingerprint density at radius 2 is 1.46 bits per heavy atom. The van der Waals surface area contributed by atoms with E-state index in [2.05, 4.69) is 46.9 Å². The number of carbonyl (C=O) groups excluding carboxylic acids is 1. The standard InChI is InChI=1S/C22H35NO3/c1-20(2,3)16-13-15(14-17(18(16)24)21(4,5)6)11-10-12-23-19(25)26-22(7,8)9/h10-11,13-14,24H,12H2,1-9H3,(H,23,25). The number of ether oxygens (including phenoxy) is 1. The first kappa shape index (κ1) is 22.1. The minimum absolute atomic E-state index is 0.164. The number of rotatable bonds is 3. The van der Waals surface area contributed by atoms with Gasteiger partial charge in [-0.15, -0.1) is 0 Å². The van der Waals surface area contributed by atoms with E-state index in [1.54, 1.807) is 0 Å². The van der Waals surface area contributed by atoms with Crippen molar-refractivity contribution in [3.05, 3.63) is 34.9 Å². The Balaban J connectivity index is 3.01. The Kier molecular flexibility index (Phi) is 6.56. The predicted molar refractivity (Wildman–Crippen MR) is 109 cm³/mol. The van der Waals surface area contributed by atoms with Crippen molar-refractivity contribution in [1.29, 1.82) is 0 Å². The van der Waals surface area contributed by atoms with Crippen LogP contribution < -0.4 is 5.32 Å². The molecule has 1 amide bonds. The molecule has 0 unspecified atom stereocenters. The number of phenolic OH excluding ortho intramolecular Hbond substituents is 1. The molecule has 1 aromatic carbocycles. The Morgan fingerprint density at radius 1 is 1.00 bits per heavy atom. The molecule has 4 nitrogen and oxygen atoms in total. The van der Waals surface area contributed by atoms with Crippen LogP contribution in [0.4, 0.5) is 4.79 Å². The predicted octanol–water partition coefficient (Wildman–Crippen LogP) is 5.53. The summed E-state index contributed by atoms with van der Waals surface area (Å²) in [6.45, 7) is 18.4. The van der Waals surface area contributed by atoms with E-state index in [0.29, 0.717) is 12.3 Å². The largest absolute Gasteiger partial charge is 0.507 e. The minimum atomic E-state index is -0.506. The van der Waals surface area contributed by atoms with Gasteiger partial charge < -0.3 is 15.2 Å². The number of phenols is 1. The fourth-order valence-electron chi connectivity index (χ4n) is 2.55. The lowest BCUT2D eigenvalue weighted by molar-refractivity contribution is 0.0534. The third-order valence-corrected chi connectivity index (χ3v) is 3.82. The topological polar surface area (TPSA) is 58.6 Å². The maximum absolute atomic E-state index is 11.7. The molecule has 0 fully saturated rings. The molecule has 0 aliphatic heterocycles. The fraction of sp³-hybridized carbons (Fsp3) is 0.591. The molecule has 0 radical (unpaired) electrons. The van der Waals surface area contributed by atoms with Crippen molar-refractivity contribution in [2.75, 3.05) is 6.54 Å². The smallest absolute Gasteiger partial charge is 0.407 e. The van der Waals surface area contributed by atoms with E-state index in [1.807, 2.05) is 45.1 Å². The van der Waals surface area contributed by atoms with Gasteiger partial charge in [-0.1, -0.05) is 53.7 Å². The molecule has 0 atom stereocenters. The van der Waals surface area contributed by atoms with Gasteiger partial charge in [0.1, 0.15) is 11.4 Å². The average molecular weight is 362 g/mol. The van der Waals surface area contributed by atoms with Gasteiger partial charge in [0, 0.05) is 17.7 Å². The Morgan fingerprint density at radius 3 is 1.85 bits per heavy atom. The zero-order chi connectivity index (χ0) is 20.3. The molecule has 2 N–H and O–H groups in total. The quantitative estimate of drug-likeness (QED) is 0.744. The summed E-state index contributed by atoms with van der Waals surface area (Å²) in [6.07, 6.45) is 3.41. The summed E-state index contributed by atoms with van der Waals surface area (Å²) in [7, 11) is 0. The number of nitrogens with one attached hydrogen (secondary N) is 1. The van der Waals surface area contributed by atoms with Gasteiger partial charge in [0.15, 0.2) is 0 Å². The number of carbonyl (C=O) groups is 1. The van der Waals surface area contributed by atoms with E-state index in [4.69, 9.17) is 4.74 Å². The van der Waals surface area contributed by atoms with E-state index < -0.39 is 11.7 Å². The second-order valence-electron chi connectivity index (χ2n) is 9.75. The van der Waals surface area contributed by atoms with Gasteiger partial charge >= 0.3 is 6.09 Å². The molecule has 0 heterocycles. The van der Waals surface area contributed by atoms with Crippen LogP contribution in [0.25, 0.3) is 6.08 Å². The summed E-state index contributed by atoms with van der Waals surface area (Å²) < 4.78 is 5.22. The SMILES string of the molecule is CC(C)(C)OC(=O)NCC=Cc1cc(C(C)(C)C)c(O)c(C(C)(C)C)c1. The number of alkyl carbamates (subject to hydrolysis) is 1. The van der Waals surface area contributed by atoms with Gasteiger partial charge in [0.05, 0.1) is 0 Å². The molecule has 0 saturated carbocycles. The van der Waals surface area contributed by atoms with Gasteiger partial charge in [-0.2, -0.15) is 0 Å². The van der Waals surface area contributed by atoms with Gasteiger partial charge in [-0.05, 0) is 49.3 Å². The number of benzene rings is 1. The van der Waals surface area contributed by atoms with Crippen LogP contribution in [0.15, 0.2) is 18.2 Å². The van der Waals surface area contributed by atoms with Crippen LogP contribution >= 0.6 is 0 Å². The lowest BCUT2D eigenvalue weighted by Crippen LogP contribution is -2.32. The van der Waals surface area contributed by atoms with Crippen LogP contribution in [0, 0.1) is 0 Å². The molecule has 4 heteroatoms. The monoisotopic (exact) mass is 361 g/mol. The van der Waals surface area contributed by atoms with E-state index in [-0.39, 0.29) is 10.8 Å². The first-order valence-corrected chi connectivity index (χ1v) is 9.12. The van der Waals surface area contributed by atoms with Gasteiger partial charge in [-0.3, -0.25) is 0 Å². The molecule has 1 aromatic rings. The first-order chi connectivity index (χ1) is 11.6. The van der Waals surface area contributed by atoms with E-state index in [0.717, 1.165) is 16.7 Å². The molecule has 0 saturated heterocycles. The van der Waals surface area contributed by atoms with Crippen LogP contribution in [0.1, 0.15) is 79.0 Å².